The summed E-state index contributed by atoms with van der Waals surface area (Å²) in [6, 6.07) is 12.3. The monoisotopic (exact) mass is 378 g/mol. The fourth-order valence-electron chi connectivity index (χ4n) is 2.63. The van der Waals surface area contributed by atoms with E-state index >= 15 is 0 Å². The number of hydrogen-bond acceptors (Lipinski definition) is 5. The zero-order valence-corrected chi connectivity index (χ0v) is 16.7. The first-order chi connectivity index (χ1) is 12.3. The maximum absolute atomic E-state index is 13.4. The number of methoxy groups -OCH3 is 2. The molecular formula is C19H26N2O4S. The zero-order valence-electron chi connectivity index (χ0n) is 15.9. The van der Waals surface area contributed by atoms with Crippen LogP contribution in [0.3, 0.4) is 0 Å². The Labute approximate surface area is 156 Å². The number of hydrogen-bond donors (Lipinski definition) is 0. The Morgan fingerprint density at radius 2 is 1.50 bits per heavy atom. The average Bonchev–Trinajstić information content (AvgIpc) is 2.61. The first-order valence-electron chi connectivity index (χ1n) is 8.26. The first-order valence-corrected chi connectivity index (χ1v) is 9.70. The molecule has 0 aliphatic carbocycles. The Kier molecular flexibility index (Phi) is 6.50. The summed E-state index contributed by atoms with van der Waals surface area (Å²) in [4.78, 5) is 2.16. The molecule has 0 amide bonds. The molecule has 0 N–H and O–H groups in total. The molecule has 0 unspecified atom stereocenters. The minimum atomic E-state index is -3.77. The summed E-state index contributed by atoms with van der Waals surface area (Å²) in [6.07, 6.45) is 0. The van der Waals surface area contributed by atoms with E-state index in [0.717, 1.165) is 0 Å². The van der Waals surface area contributed by atoms with Gasteiger partial charge >= 0.3 is 0 Å². The van der Waals surface area contributed by atoms with Crippen LogP contribution >= 0.6 is 0 Å². The number of aryl methyl sites for hydroxylation is 1. The van der Waals surface area contributed by atoms with Crippen molar-refractivity contribution in [3.8, 4) is 11.5 Å². The fourth-order valence-corrected chi connectivity index (χ4v) is 4.31. The second kappa shape index (κ2) is 8.42. The van der Waals surface area contributed by atoms with Crippen molar-refractivity contribution in [2.45, 2.75) is 11.8 Å². The van der Waals surface area contributed by atoms with E-state index in [-0.39, 0.29) is 4.90 Å². The third kappa shape index (κ3) is 4.28. The molecule has 26 heavy (non-hydrogen) atoms. The van der Waals surface area contributed by atoms with Gasteiger partial charge in [-0.05, 0) is 44.8 Å². The van der Waals surface area contributed by atoms with E-state index < -0.39 is 10.0 Å². The summed E-state index contributed by atoms with van der Waals surface area (Å²) >= 11 is 0. The van der Waals surface area contributed by atoms with Crippen LogP contribution in [0.5, 0.6) is 11.5 Å². The van der Waals surface area contributed by atoms with Crippen LogP contribution in [0, 0.1) is 6.92 Å². The van der Waals surface area contributed by atoms with Gasteiger partial charge in [-0.2, -0.15) is 0 Å². The van der Waals surface area contributed by atoms with Gasteiger partial charge in [-0.25, -0.2) is 8.42 Å². The van der Waals surface area contributed by atoms with Gasteiger partial charge in [0.05, 0.1) is 24.8 Å². The molecule has 0 spiro atoms. The molecule has 0 aliphatic rings. The van der Waals surface area contributed by atoms with Crippen LogP contribution in [-0.2, 0) is 10.0 Å². The van der Waals surface area contributed by atoms with Gasteiger partial charge in [0.25, 0.3) is 10.0 Å². The van der Waals surface area contributed by atoms with Crippen LogP contribution in [0.15, 0.2) is 47.4 Å². The predicted molar refractivity (Wildman–Crippen MR) is 104 cm³/mol. The smallest absolute Gasteiger partial charge is 0.264 e. The predicted octanol–water partition coefficient (Wildman–Crippen LogP) is 2.77. The molecule has 0 saturated carbocycles. The number of rotatable bonds is 8. The van der Waals surface area contributed by atoms with Crippen LogP contribution in [0.2, 0.25) is 0 Å². The maximum Gasteiger partial charge on any atom is 0.264 e. The van der Waals surface area contributed by atoms with Crippen molar-refractivity contribution in [3.63, 3.8) is 0 Å². The highest BCUT2D eigenvalue weighted by molar-refractivity contribution is 7.92. The molecule has 0 bridgehead atoms. The van der Waals surface area contributed by atoms with E-state index in [4.69, 9.17) is 9.47 Å². The Balaban J connectivity index is 2.56. The normalized spacial score (nSPS) is 11.5. The summed E-state index contributed by atoms with van der Waals surface area (Å²) in [6.45, 7) is 2.69. The SMILES string of the molecule is COc1cc(C)c(S(=O)(=O)N(CCN(C)C)c2ccccc2)cc1OC. The van der Waals surface area contributed by atoms with Gasteiger partial charge in [0.1, 0.15) is 0 Å². The van der Waals surface area contributed by atoms with Crippen molar-refractivity contribution >= 4 is 15.7 Å². The lowest BCUT2D eigenvalue weighted by atomic mass is 10.2. The molecule has 0 saturated heterocycles. The third-order valence-electron chi connectivity index (χ3n) is 4.04. The summed E-state index contributed by atoms with van der Waals surface area (Å²) in [5, 5.41) is 0. The van der Waals surface area contributed by atoms with Gasteiger partial charge in [-0.3, -0.25) is 4.31 Å². The van der Waals surface area contributed by atoms with Gasteiger partial charge < -0.3 is 14.4 Å². The molecule has 6 nitrogen and oxygen atoms in total. The molecule has 0 radical (unpaired) electrons. The quantitative estimate of drug-likeness (QED) is 0.707. The summed E-state index contributed by atoms with van der Waals surface area (Å²) in [5.74, 6) is 0.890. The van der Waals surface area contributed by atoms with Gasteiger partial charge in [0.15, 0.2) is 11.5 Å². The van der Waals surface area contributed by atoms with Crippen molar-refractivity contribution in [3.05, 3.63) is 48.0 Å². The Morgan fingerprint density at radius 1 is 0.923 bits per heavy atom. The largest absolute Gasteiger partial charge is 0.493 e. The molecule has 0 heterocycles. The van der Waals surface area contributed by atoms with Crippen LogP contribution < -0.4 is 13.8 Å². The minimum absolute atomic E-state index is 0.206. The van der Waals surface area contributed by atoms with Crippen molar-refractivity contribution in [1.82, 2.24) is 4.90 Å². The van der Waals surface area contributed by atoms with E-state index in [2.05, 4.69) is 0 Å². The second-order valence-electron chi connectivity index (χ2n) is 6.19. The van der Waals surface area contributed by atoms with Crippen LogP contribution in [0.25, 0.3) is 0 Å². The van der Waals surface area contributed by atoms with E-state index in [9.17, 15) is 8.42 Å². The Hall–Kier alpha value is -2.25. The molecule has 142 valence electrons. The second-order valence-corrected chi connectivity index (χ2v) is 8.02. The fraction of sp³-hybridized carbons (Fsp3) is 0.368. The van der Waals surface area contributed by atoms with Crippen LogP contribution in [0.4, 0.5) is 5.69 Å². The van der Waals surface area contributed by atoms with E-state index in [1.165, 1.54) is 24.6 Å². The van der Waals surface area contributed by atoms with Crippen LogP contribution in [0.1, 0.15) is 5.56 Å². The highest BCUT2D eigenvalue weighted by Crippen LogP contribution is 2.34. The van der Waals surface area contributed by atoms with Crippen molar-refractivity contribution < 1.29 is 17.9 Å². The highest BCUT2D eigenvalue weighted by atomic mass is 32.2. The van der Waals surface area contributed by atoms with Gasteiger partial charge in [0.2, 0.25) is 0 Å². The molecule has 2 aromatic rings. The van der Waals surface area contributed by atoms with Crippen molar-refractivity contribution in [2.24, 2.45) is 0 Å². The molecule has 2 rings (SSSR count). The lowest BCUT2D eigenvalue weighted by molar-refractivity contribution is 0.353. The van der Waals surface area contributed by atoms with Crippen molar-refractivity contribution in [1.29, 1.82) is 0 Å². The number of likely N-dealkylation sites (N-methyl/N-ethyl adjacent to an activating group) is 1. The van der Waals surface area contributed by atoms with Crippen LogP contribution in [-0.4, -0.2) is 54.7 Å². The average molecular weight is 378 g/mol. The standard InChI is InChI=1S/C19H26N2O4S/c1-15-13-17(24-4)18(25-5)14-19(15)26(22,23)21(12-11-20(2)3)16-9-7-6-8-10-16/h6-10,13-14H,11-12H2,1-5H3. The maximum atomic E-state index is 13.4. The lowest BCUT2D eigenvalue weighted by Crippen LogP contribution is -2.37. The number of ether oxygens (including phenoxy) is 2. The van der Waals surface area contributed by atoms with E-state index in [1.807, 2.05) is 37.2 Å². The van der Waals surface area contributed by atoms with Crippen molar-refractivity contribution in [2.75, 3.05) is 45.7 Å². The van der Waals surface area contributed by atoms with Gasteiger partial charge in [-0.15, -0.1) is 0 Å². The Bertz CT molecular complexity index is 836. The Morgan fingerprint density at radius 3 is 2.04 bits per heavy atom. The number of sulfonamides is 1. The molecule has 0 atom stereocenters. The number of para-hydroxylation sites is 1. The highest BCUT2D eigenvalue weighted by Gasteiger charge is 2.28. The molecule has 0 aliphatic heterocycles. The minimum Gasteiger partial charge on any atom is -0.493 e. The van der Waals surface area contributed by atoms with E-state index in [0.29, 0.717) is 35.8 Å². The summed E-state index contributed by atoms with van der Waals surface area (Å²) in [7, 11) is 3.08. The summed E-state index contributed by atoms with van der Waals surface area (Å²) in [5.41, 5.74) is 1.23. The molecule has 0 aromatic heterocycles. The number of benzene rings is 2. The lowest BCUT2D eigenvalue weighted by Gasteiger charge is -2.27. The summed E-state index contributed by atoms with van der Waals surface area (Å²) < 4.78 is 38.9. The number of anilines is 1. The molecule has 2 aromatic carbocycles. The first kappa shape index (κ1) is 20.1. The van der Waals surface area contributed by atoms with Gasteiger partial charge in [-0.1, -0.05) is 18.2 Å². The van der Waals surface area contributed by atoms with E-state index in [1.54, 1.807) is 25.1 Å². The topological polar surface area (TPSA) is 59.1 Å². The molecule has 0 fully saturated rings. The number of nitrogens with zero attached hydrogens (tertiary/aromatic N) is 2. The molecular weight excluding hydrogens is 352 g/mol. The third-order valence-corrected chi connectivity index (χ3v) is 6.01. The van der Waals surface area contributed by atoms with Gasteiger partial charge in [0, 0.05) is 19.2 Å². The molecule has 7 heteroatoms. The zero-order chi connectivity index (χ0) is 19.3.